The molecule has 5 aliphatic rings. The first-order valence-electron chi connectivity index (χ1n) is 21.0. The number of methoxy groups -OCH3 is 1. The van der Waals surface area contributed by atoms with Gasteiger partial charge in [-0.1, -0.05) is 39.3 Å². The van der Waals surface area contributed by atoms with Gasteiger partial charge in [0.05, 0.1) is 27.3 Å². The van der Waals surface area contributed by atoms with Crippen LogP contribution >= 0.6 is 11.6 Å². The summed E-state index contributed by atoms with van der Waals surface area (Å²) in [6.07, 6.45) is 1.58. The minimum Gasteiger partial charge on any atom is -0.489 e. The molecule has 2 N–H and O–H groups in total. The third-order valence-corrected chi connectivity index (χ3v) is 14.0. The van der Waals surface area contributed by atoms with E-state index in [1.807, 2.05) is 30.3 Å². The lowest BCUT2D eigenvalue weighted by atomic mass is 9.49. The molecule has 4 heterocycles. The van der Waals surface area contributed by atoms with E-state index >= 15 is 0 Å². The molecule has 3 aromatic rings. The van der Waals surface area contributed by atoms with Crippen LogP contribution in [0.4, 0.5) is 11.4 Å². The molecule has 15 heteroatoms. The smallest absolute Gasteiger partial charge is 0.262 e. The number of halogens is 1. The van der Waals surface area contributed by atoms with Crippen LogP contribution in [0.2, 0.25) is 5.02 Å². The van der Waals surface area contributed by atoms with Crippen LogP contribution in [0.5, 0.6) is 5.75 Å². The van der Waals surface area contributed by atoms with E-state index in [9.17, 15) is 29.2 Å². The zero-order valence-corrected chi connectivity index (χ0v) is 36.0. The number of piperazine rings is 1. The molecular formula is C46H52ClN7O7. The maximum absolute atomic E-state index is 13.6. The fourth-order valence-electron chi connectivity index (χ4n) is 10.5. The van der Waals surface area contributed by atoms with E-state index in [2.05, 4.69) is 59.1 Å². The summed E-state index contributed by atoms with van der Waals surface area (Å²) in [5.41, 5.74) is 2.39. The van der Waals surface area contributed by atoms with Crippen LogP contribution in [0.25, 0.3) is 0 Å². The Labute approximate surface area is 361 Å². The van der Waals surface area contributed by atoms with Gasteiger partial charge in [-0.15, -0.1) is 0 Å². The molecule has 3 aromatic carbocycles. The Bertz CT molecular complexity index is 2290. The lowest BCUT2D eigenvalue weighted by Gasteiger charge is -2.63. The summed E-state index contributed by atoms with van der Waals surface area (Å²) in [6, 6.07) is 19.1. The van der Waals surface area contributed by atoms with Gasteiger partial charge in [0.1, 0.15) is 24.0 Å². The second-order valence-corrected chi connectivity index (χ2v) is 18.6. The molecule has 5 amide bonds. The van der Waals surface area contributed by atoms with Gasteiger partial charge >= 0.3 is 0 Å². The highest BCUT2D eigenvalue weighted by molar-refractivity contribution is 6.31. The van der Waals surface area contributed by atoms with Gasteiger partial charge in [-0.05, 0) is 73.9 Å². The molecule has 0 radical (unpaired) electrons. The lowest BCUT2D eigenvalue weighted by Crippen LogP contribution is -2.74. The fourth-order valence-corrected chi connectivity index (χ4v) is 10.7. The van der Waals surface area contributed by atoms with Gasteiger partial charge in [-0.25, -0.2) is 0 Å². The molecule has 8 rings (SSSR count). The minimum atomic E-state index is -0.995. The molecule has 0 spiro atoms. The molecule has 0 bridgehead atoms. The zero-order valence-electron chi connectivity index (χ0n) is 35.3. The summed E-state index contributed by atoms with van der Waals surface area (Å²) in [5.74, 6) is -1.58. The Morgan fingerprint density at radius 3 is 2.11 bits per heavy atom. The van der Waals surface area contributed by atoms with Gasteiger partial charge in [0, 0.05) is 99.2 Å². The van der Waals surface area contributed by atoms with Gasteiger partial charge in [-0.3, -0.25) is 39.1 Å². The summed E-state index contributed by atoms with van der Waals surface area (Å²) in [7, 11) is 1.78. The van der Waals surface area contributed by atoms with Gasteiger partial charge in [-0.2, -0.15) is 5.26 Å². The van der Waals surface area contributed by atoms with Crippen LogP contribution in [0.1, 0.15) is 90.0 Å². The third kappa shape index (κ3) is 7.72. The molecule has 1 atom stereocenters. The second kappa shape index (κ2) is 16.1. The molecule has 14 nitrogen and oxygen atoms in total. The fraction of sp³-hybridized carbons (Fsp3) is 0.478. The number of nitriles is 1. The number of amides is 5. The number of anilines is 2. The molecule has 4 aliphatic heterocycles. The first kappa shape index (κ1) is 42.2. The van der Waals surface area contributed by atoms with Gasteiger partial charge < -0.3 is 24.6 Å². The average molecular weight is 850 g/mol. The van der Waals surface area contributed by atoms with Crippen molar-refractivity contribution >= 4 is 52.5 Å². The quantitative estimate of drug-likeness (QED) is 0.263. The van der Waals surface area contributed by atoms with E-state index in [0.29, 0.717) is 35.0 Å². The first-order valence-corrected chi connectivity index (χ1v) is 21.3. The van der Waals surface area contributed by atoms with E-state index in [4.69, 9.17) is 21.1 Å². The minimum absolute atomic E-state index is 0.0776. The number of rotatable bonds is 10. The predicted molar refractivity (Wildman–Crippen MR) is 229 cm³/mol. The molecule has 320 valence electrons. The summed E-state index contributed by atoms with van der Waals surface area (Å²) in [4.78, 5) is 72.3. The van der Waals surface area contributed by atoms with Crippen molar-refractivity contribution in [2.45, 2.75) is 77.2 Å². The number of hydrogen-bond acceptors (Lipinski definition) is 11. The van der Waals surface area contributed by atoms with Crippen LogP contribution in [-0.2, 0) is 14.3 Å². The summed E-state index contributed by atoms with van der Waals surface area (Å²) in [6.45, 7) is 14.0. The molecule has 3 saturated heterocycles. The van der Waals surface area contributed by atoms with Crippen molar-refractivity contribution in [2.24, 2.45) is 10.8 Å². The highest BCUT2D eigenvalue weighted by Crippen LogP contribution is 2.55. The van der Waals surface area contributed by atoms with Crippen molar-refractivity contribution in [1.82, 2.24) is 20.4 Å². The van der Waals surface area contributed by atoms with E-state index in [0.717, 1.165) is 61.8 Å². The molecular weight excluding hydrogens is 798 g/mol. The summed E-state index contributed by atoms with van der Waals surface area (Å²) < 4.78 is 12.6. The van der Waals surface area contributed by atoms with Crippen LogP contribution in [-0.4, -0.2) is 116 Å². The number of nitrogens with one attached hydrogen (secondary N) is 2. The monoisotopic (exact) mass is 849 g/mol. The van der Waals surface area contributed by atoms with Gasteiger partial charge in [0.2, 0.25) is 11.8 Å². The Balaban J connectivity index is 0.817. The maximum atomic E-state index is 13.6. The van der Waals surface area contributed by atoms with E-state index in [-0.39, 0.29) is 58.5 Å². The largest absolute Gasteiger partial charge is 0.489 e. The number of carbonyl (C=O) groups is 5. The van der Waals surface area contributed by atoms with Crippen molar-refractivity contribution in [1.29, 1.82) is 5.26 Å². The maximum Gasteiger partial charge on any atom is 0.262 e. The predicted octanol–water partition coefficient (Wildman–Crippen LogP) is 5.03. The molecule has 1 saturated carbocycles. The molecule has 0 aromatic heterocycles. The summed E-state index contributed by atoms with van der Waals surface area (Å²) >= 11 is 6.26. The molecule has 4 fully saturated rings. The van der Waals surface area contributed by atoms with Crippen molar-refractivity contribution in [3.05, 3.63) is 87.9 Å². The number of piperidine rings is 2. The molecule has 61 heavy (non-hydrogen) atoms. The highest BCUT2D eigenvalue weighted by Gasteiger charge is 2.64. The van der Waals surface area contributed by atoms with Gasteiger partial charge in [0.15, 0.2) is 0 Å². The zero-order chi connectivity index (χ0) is 43.4. The van der Waals surface area contributed by atoms with Gasteiger partial charge in [0.25, 0.3) is 17.7 Å². The van der Waals surface area contributed by atoms with Crippen LogP contribution in [0.15, 0.2) is 60.7 Å². The third-order valence-electron chi connectivity index (χ3n) is 13.7. The number of carbonyl (C=O) groups excluding carboxylic acids is 5. The first-order chi connectivity index (χ1) is 29.0. The van der Waals surface area contributed by atoms with E-state index in [1.165, 1.54) is 0 Å². The number of imide groups is 2. The Morgan fingerprint density at radius 2 is 1.49 bits per heavy atom. The number of nitrogens with zero attached hydrogens (tertiary/aromatic N) is 5. The Morgan fingerprint density at radius 1 is 0.852 bits per heavy atom. The van der Waals surface area contributed by atoms with E-state index in [1.54, 1.807) is 37.4 Å². The lowest BCUT2D eigenvalue weighted by molar-refractivity contribution is -0.164. The highest BCUT2D eigenvalue weighted by atomic mass is 35.5. The Hall–Kier alpha value is -5.49. The van der Waals surface area contributed by atoms with E-state index < -0.39 is 29.7 Å². The number of ether oxygens (including phenoxy) is 2. The van der Waals surface area contributed by atoms with Crippen molar-refractivity contribution < 1.29 is 33.4 Å². The second-order valence-electron chi connectivity index (χ2n) is 18.2. The number of benzene rings is 3. The van der Waals surface area contributed by atoms with Crippen molar-refractivity contribution in [2.75, 3.05) is 62.7 Å². The number of hydrogen-bond donors (Lipinski definition) is 2. The van der Waals surface area contributed by atoms with Crippen LogP contribution < -0.4 is 25.2 Å². The average Bonchev–Trinajstić information content (AvgIpc) is 3.49. The normalized spacial score (nSPS) is 24.4. The molecule has 1 unspecified atom stereocenters. The van der Waals surface area contributed by atoms with Crippen LogP contribution in [0, 0.1) is 22.2 Å². The summed E-state index contributed by atoms with van der Waals surface area (Å²) in [5, 5.41) is 15.1. The Kier molecular flexibility index (Phi) is 11.1. The van der Waals surface area contributed by atoms with Crippen LogP contribution in [0.3, 0.4) is 0 Å². The standard InChI is InChI=1S/C46H52ClN7O7/c1-44(2)42(45(3,4)43(44)61-32-12-8-29(26-48)35(47)25-32)50-38(56)28-6-9-30(10-7-28)53-22-20-51(21-23-53)27-46(60-5)16-18-52(19-17-46)31-11-13-33-34(24-31)41(59)54(40(33)58)36-14-15-37(55)49-39(36)57/h6-13,24-25,36,42-43H,14-23,27H2,1-5H3,(H,50,56)(H,49,55,57)/t36?,42-,43-. The van der Waals surface area contributed by atoms with Crippen molar-refractivity contribution in [3.63, 3.8) is 0 Å². The molecule has 1 aliphatic carbocycles. The SMILES string of the molecule is COC1(CN2CCN(c3ccc(C(=O)N[C@H]4C(C)(C)[C@H](Oc5ccc(C#N)c(Cl)c5)C4(C)C)cc3)CC2)CCN(c2ccc3c(c2)C(=O)N(C2CCC(=O)NC2=O)C3=O)CC1. The van der Waals surface area contributed by atoms with Crippen molar-refractivity contribution in [3.8, 4) is 11.8 Å². The number of fused-ring (bicyclic) bond motifs is 1. The topological polar surface area (TPSA) is 165 Å².